The Morgan fingerprint density at radius 3 is 0.952 bits per heavy atom. The smallest absolute Gasteiger partial charge is 0.326 e. The Hall–Kier alpha value is -6.85. The Bertz CT molecular complexity index is 2010. The molecule has 5 atom stereocenters. The molecule has 0 saturated heterocycles. The summed E-state index contributed by atoms with van der Waals surface area (Å²) in [6.45, 7) is 3.36. The fraction of sp³-hybridized carbons (Fsp3) is 0.759. The Morgan fingerprint density at radius 1 is 0.325 bits per heavy atom. The molecule has 0 aliphatic rings. The maximum absolute atomic E-state index is 12.7. The molecule has 2 unspecified atom stereocenters. The third-order valence-corrected chi connectivity index (χ3v) is 12.6. The fourth-order valence-electron chi connectivity index (χ4n) is 7.70. The van der Waals surface area contributed by atoms with Crippen LogP contribution in [0.1, 0.15) is 168 Å². The van der Waals surface area contributed by atoms with Gasteiger partial charge in [-0.3, -0.25) is 43.2 Å². The normalized spacial score (nSPS) is 12.7. The lowest BCUT2D eigenvalue weighted by Gasteiger charge is -2.18. The molecule has 0 aromatic carbocycles. The summed E-state index contributed by atoms with van der Waals surface area (Å²) in [4.78, 5) is 156. The molecule has 0 fully saturated rings. The second kappa shape index (κ2) is 48.7. The minimum Gasteiger partial charge on any atom is -0.481 e. The first-order chi connectivity index (χ1) is 39.5. The predicted octanol–water partition coefficient (Wildman–Crippen LogP) is 1.10. The van der Waals surface area contributed by atoms with Crippen molar-refractivity contribution in [3.8, 4) is 0 Å². The van der Waals surface area contributed by atoms with E-state index in [4.69, 9.17) is 24.1 Å². The van der Waals surface area contributed by atoms with Crippen LogP contribution in [-0.4, -0.2) is 199 Å². The van der Waals surface area contributed by atoms with Crippen LogP contribution in [0.5, 0.6) is 0 Å². The summed E-state index contributed by atoms with van der Waals surface area (Å²) in [5.74, 6) is -11.5. The highest BCUT2D eigenvalue weighted by molar-refractivity contribution is 5.89. The number of ether oxygens (including phenoxy) is 4. The van der Waals surface area contributed by atoms with Gasteiger partial charge in [-0.05, 0) is 52.4 Å². The lowest BCUT2D eigenvalue weighted by atomic mass is 10.0. The average molecular weight is 1190 g/mol. The maximum Gasteiger partial charge on any atom is 0.326 e. The van der Waals surface area contributed by atoms with Crippen molar-refractivity contribution in [3.63, 3.8) is 0 Å². The molecular formula is C54H91N7O22. The minimum atomic E-state index is -1.66. The number of rotatable bonds is 55. The largest absolute Gasteiger partial charge is 0.481 e. The molecule has 0 aromatic rings. The Kier molecular flexibility index (Phi) is 44.6. The number of hydrogen-bond acceptors (Lipinski definition) is 17. The second-order valence-electron chi connectivity index (χ2n) is 19.8. The highest BCUT2D eigenvalue weighted by Crippen LogP contribution is 2.14. The van der Waals surface area contributed by atoms with Crippen molar-refractivity contribution < 1.29 is 107 Å². The number of carbonyl (C=O) groups excluding carboxylic acids is 8. The van der Waals surface area contributed by atoms with Gasteiger partial charge in [0.2, 0.25) is 41.4 Å². The summed E-state index contributed by atoms with van der Waals surface area (Å²) in [6, 6.07) is -6.87. The molecule has 12 N–H and O–H groups in total. The van der Waals surface area contributed by atoms with Crippen LogP contribution < -0.4 is 37.2 Å². The van der Waals surface area contributed by atoms with Crippen molar-refractivity contribution >= 4 is 77.0 Å². The van der Waals surface area contributed by atoms with Crippen molar-refractivity contribution in [2.24, 2.45) is 0 Å². The first kappa shape index (κ1) is 76.1. The Morgan fingerprint density at radius 2 is 0.614 bits per heavy atom. The van der Waals surface area contributed by atoms with E-state index in [0.717, 1.165) is 83.5 Å². The number of carbonyl (C=O) groups is 13. The third kappa shape index (κ3) is 45.4. The van der Waals surface area contributed by atoms with Gasteiger partial charge < -0.3 is 81.7 Å². The molecule has 0 rings (SSSR count). The van der Waals surface area contributed by atoms with E-state index in [-0.39, 0.29) is 104 Å². The molecule has 7 amide bonds. The van der Waals surface area contributed by atoms with Crippen molar-refractivity contribution in [1.82, 2.24) is 37.2 Å². The number of unbranched alkanes of at least 4 members (excludes halogenated alkanes) is 13. The summed E-state index contributed by atoms with van der Waals surface area (Å²) in [7, 11) is 0. The van der Waals surface area contributed by atoms with Crippen LogP contribution in [0.4, 0.5) is 0 Å². The molecule has 0 aliphatic heterocycles. The first-order valence-corrected chi connectivity index (χ1v) is 28.5. The number of aliphatic carboxylic acids is 5. The molecule has 0 aliphatic carbocycles. The van der Waals surface area contributed by atoms with E-state index in [1.807, 2.05) is 0 Å². The van der Waals surface area contributed by atoms with Crippen LogP contribution in [0.2, 0.25) is 0 Å². The zero-order valence-electron chi connectivity index (χ0n) is 48.1. The summed E-state index contributed by atoms with van der Waals surface area (Å²) in [5, 5.41) is 63.8. The predicted molar refractivity (Wildman–Crippen MR) is 294 cm³/mol. The maximum atomic E-state index is 12.7. The second-order valence-corrected chi connectivity index (χ2v) is 19.8. The van der Waals surface area contributed by atoms with Crippen molar-refractivity contribution in [1.29, 1.82) is 0 Å². The molecule has 474 valence electrons. The van der Waals surface area contributed by atoms with E-state index < -0.39 is 134 Å². The van der Waals surface area contributed by atoms with Crippen LogP contribution >= 0.6 is 0 Å². The number of hydrogen-bond donors (Lipinski definition) is 12. The highest BCUT2D eigenvalue weighted by Gasteiger charge is 2.28. The lowest BCUT2D eigenvalue weighted by molar-refractivity contribution is -0.144. The van der Waals surface area contributed by atoms with E-state index in [1.54, 1.807) is 6.92 Å². The van der Waals surface area contributed by atoms with E-state index >= 15 is 0 Å². The van der Waals surface area contributed by atoms with Gasteiger partial charge in [0.15, 0.2) is 5.78 Å². The average Bonchev–Trinajstić information content (AvgIpc) is 3.44. The van der Waals surface area contributed by atoms with Crippen molar-refractivity contribution in [2.75, 3.05) is 65.9 Å². The van der Waals surface area contributed by atoms with Crippen LogP contribution in [-0.2, 0) is 81.3 Å². The summed E-state index contributed by atoms with van der Waals surface area (Å²) in [5.41, 5.74) is 0. The monoisotopic (exact) mass is 1190 g/mol. The van der Waals surface area contributed by atoms with Crippen LogP contribution in [0.3, 0.4) is 0 Å². The molecule has 29 nitrogen and oxygen atoms in total. The first-order valence-electron chi connectivity index (χ1n) is 28.5. The number of nitrogens with one attached hydrogen (secondary N) is 7. The summed E-state index contributed by atoms with van der Waals surface area (Å²) >= 11 is 0. The van der Waals surface area contributed by atoms with Gasteiger partial charge in [0, 0.05) is 51.6 Å². The summed E-state index contributed by atoms with van der Waals surface area (Å²) in [6.07, 6.45) is 10.6. The van der Waals surface area contributed by atoms with Crippen molar-refractivity contribution in [3.05, 3.63) is 0 Å². The Labute approximate surface area is 483 Å². The molecule has 0 heterocycles. The minimum absolute atomic E-state index is 0.0411. The Balaban J connectivity index is 4.40. The third-order valence-electron chi connectivity index (χ3n) is 12.6. The lowest BCUT2D eigenvalue weighted by Crippen LogP contribution is -2.45. The summed E-state index contributed by atoms with van der Waals surface area (Å²) < 4.78 is 21.0. The van der Waals surface area contributed by atoms with Gasteiger partial charge in [0.1, 0.15) is 37.4 Å². The van der Waals surface area contributed by atoms with Crippen molar-refractivity contribution in [2.45, 2.75) is 198 Å². The van der Waals surface area contributed by atoms with Gasteiger partial charge in [-0.15, -0.1) is 0 Å². The molecule has 0 spiro atoms. The number of ketones is 1. The molecule has 29 heteroatoms. The van der Waals surface area contributed by atoms with Gasteiger partial charge >= 0.3 is 29.8 Å². The molecule has 0 saturated carbocycles. The highest BCUT2D eigenvalue weighted by atomic mass is 16.5. The van der Waals surface area contributed by atoms with E-state index in [9.17, 15) is 82.8 Å². The zero-order chi connectivity index (χ0) is 62.2. The van der Waals surface area contributed by atoms with Crippen LogP contribution in [0, 0.1) is 0 Å². The van der Waals surface area contributed by atoms with Crippen LogP contribution in [0.25, 0.3) is 0 Å². The van der Waals surface area contributed by atoms with Gasteiger partial charge in [-0.25, -0.2) is 19.2 Å². The van der Waals surface area contributed by atoms with Gasteiger partial charge in [0.25, 0.3) is 0 Å². The number of carboxylic acids is 5. The zero-order valence-corrected chi connectivity index (χ0v) is 48.1. The molecule has 0 aromatic heterocycles. The van der Waals surface area contributed by atoms with Gasteiger partial charge in [-0.1, -0.05) is 77.0 Å². The number of Topliss-reactive ketones (excluding diaryl/α,β-unsaturated/α-hetero) is 1. The quantitative estimate of drug-likeness (QED) is 0.0379. The molecule has 0 bridgehead atoms. The van der Waals surface area contributed by atoms with Crippen LogP contribution in [0.15, 0.2) is 0 Å². The van der Waals surface area contributed by atoms with E-state index in [0.29, 0.717) is 6.42 Å². The molecule has 83 heavy (non-hydrogen) atoms. The SMILES string of the molecule is CC(=O)[C@H](C)NC(=O)COCCOCCNC(=O)COCCOCCNC(=O)CC[C@H](NC(=O)CCC(NC(=O)CC[C@H](NC(=O)CCC(NC(=O)CCCCCCCCCCCCCCCCC(=O)O)C(=O)O)C(=O)O)C(=O)O)C(=O)O. The molecule has 0 radical (unpaired) electrons. The standard InChI is InChI=1S/C54H91N7O22/c1-37(38(2)62)57-49(69)36-83-34-32-81-30-28-56-48(68)35-82-33-31-80-29-27-55-43(63)23-19-39(51(72)73)59-45(65)25-21-41(53(76)77)61-47(67)26-22-42(54(78)79)60-46(66)24-20-40(52(74)75)58-44(64)17-15-13-11-9-7-5-3-4-6-8-10-12-14-16-18-50(70)71/h37,39-42H,3-36H2,1-2H3,(H,55,63)(H,56,68)(H,57,69)(H,58,64)(H,59,65)(H,60,66)(H,61,67)(H,70,71)(H,72,73)(H,74,75)(H,76,77)(H,78,79)/t37-,39-,40?,41?,42-/m0/s1. The number of carboxylic acid groups (broad SMARTS) is 5. The fourth-order valence-corrected chi connectivity index (χ4v) is 7.70. The topological polar surface area (TPSA) is 444 Å². The number of amides is 7. The van der Waals surface area contributed by atoms with E-state index in [2.05, 4.69) is 37.2 Å². The van der Waals surface area contributed by atoms with Gasteiger partial charge in [-0.2, -0.15) is 0 Å². The van der Waals surface area contributed by atoms with Gasteiger partial charge in [0.05, 0.1) is 45.7 Å². The molecular weight excluding hydrogens is 1100 g/mol. The van der Waals surface area contributed by atoms with E-state index in [1.165, 1.54) is 6.92 Å².